The normalized spacial score (nSPS) is 21.2. The molecule has 2 aliphatic rings. The summed E-state index contributed by atoms with van der Waals surface area (Å²) < 4.78 is 24.6. The first-order valence-corrected chi connectivity index (χ1v) is 9.35. The van der Waals surface area contributed by atoms with Gasteiger partial charge in [-0.15, -0.1) is 0 Å². The van der Waals surface area contributed by atoms with Crippen LogP contribution in [0.25, 0.3) is 0 Å². The minimum atomic E-state index is -0.268. The Balaban J connectivity index is 1.69. The maximum Gasteiger partial charge on any atom is 0.193 e. The van der Waals surface area contributed by atoms with Gasteiger partial charge in [-0.05, 0) is 18.6 Å². The molecule has 2 aliphatic heterocycles. The number of guanidine groups is 1. The molecule has 0 spiro atoms. The van der Waals surface area contributed by atoms with Gasteiger partial charge < -0.3 is 19.7 Å². The first-order chi connectivity index (χ1) is 11.7. The molecule has 1 atom stereocenters. The number of fused-ring (bicyclic) bond motifs is 1. The number of benzene rings is 1. The number of thioether (sulfide) groups is 1. The van der Waals surface area contributed by atoms with Gasteiger partial charge in [0.05, 0.1) is 6.61 Å². The maximum absolute atomic E-state index is 13.8. The van der Waals surface area contributed by atoms with E-state index in [9.17, 15) is 4.39 Å². The molecule has 1 saturated heterocycles. The van der Waals surface area contributed by atoms with Crippen molar-refractivity contribution >= 4 is 17.7 Å². The zero-order valence-corrected chi connectivity index (χ0v) is 15.0. The summed E-state index contributed by atoms with van der Waals surface area (Å²) in [5, 5.41) is 4.00. The Hall–Kier alpha value is -1.47. The SMILES string of the molecule is CCC1CN(C(=NC)NCc2cc(F)cc3c2OCOC3)CCS1. The van der Waals surface area contributed by atoms with Crippen molar-refractivity contribution in [2.24, 2.45) is 4.99 Å². The number of nitrogens with zero attached hydrogens (tertiary/aromatic N) is 2. The van der Waals surface area contributed by atoms with Gasteiger partial charge >= 0.3 is 0 Å². The van der Waals surface area contributed by atoms with Crippen LogP contribution in [0.5, 0.6) is 5.75 Å². The monoisotopic (exact) mass is 353 g/mol. The summed E-state index contributed by atoms with van der Waals surface area (Å²) in [6.45, 7) is 5.26. The number of hydrogen-bond donors (Lipinski definition) is 1. The highest BCUT2D eigenvalue weighted by molar-refractivity contribution is 8.00. The van der Waals surface area contributed by atoms with E-state index in [1.165, 1.54) is 12.1 Å². The van der Waals surface area contributed by atoms with E-state index in [0.717, 1.165) is 48.1 Å². The van der Waals surface area contributed by atoms with E-state index in [2.05, 4.69) is 22.1 Å². The Morgan fingerprint density at radius 1 is 1.50 bits per heavy atom. The summed E-state index contributed by atoms with van der Waals surface area (Å²) in [5.41, 5.74) is 1.56. The Labute approximate surface area is 146 Å². The first-order valence-electron chi connectivity index (χ1n) is 8.30. The van der Waals surface area contributed by atoms with E-state index in [4.69, 9.17) is 9.47 Å². The van der Waals surface area contributed by atoms with Crippen LogP contribution in [-0.4, -0.2) is 48.8 Å². The van der Waals surface area contributed by atoms with Crippen molar-refractivity contribution in [2.45, 2.75) is 31.7 Å². The molecule has 1 fully saturated rings. The predicted molar refractivity (Wildman–Crippen MR) is 95.0 cm³/mol. The van der Waals surface area contributed by atoms with Crippen molar-refractivity contribution in [1.29, 1.82) is 0 Å². The number of aliphatic imine (C=N–C) groups is 1. The lowest BCUT2D eigenvalue weighted by Crippen LogP contribution is -2.47. The molecule has 2 heterocycles. The molecule has 0 aromatic heterocycles. The highest BCUT2D eigenvalue weighted by atomic mass is 32.2. The average molecular weight is 353 g/mol. The Morgan fingerprint density at radius 2 is 2.38 bits per heavy atom. The van der Waals surface area contributed by atoms with Crippen molar-refractivity contribution < 1.29 is 13.9 Å². The fraction of sp³-hybridized carbons (Fsp3) is 0.588. The van der Waals surface area contributed by atoms with Crippen LogP contribution >= 0.6 is 11.8 Å². The number of hydrogen-bond acceptors (Lipinski definition) is 4. The third-order valence-corrected chi connectivity index (χ3v) is 5.67. The molecule has 0 radical (unpaired) electrons. The van der Waals surface area contributed by atoms with Crippen LogP contribution in [0.1, 0.15) is 24.5 Å². The fourth-order valence-corrected chi connectivity index (χ4v) is 4.23. The third kappa shape index (κ3) is 3.95. The van der Waals surface area contributed by atoms with Gasteiger partial charge in [0.15, 0.2) is 12.8 Å². The third-order valence-electron chi connectivity index (χ3n) is 4.29. The molecular formula is C17H24FN3O2S. The fourth-order valence-electron chi connectivity index (χ4n) is 3.05. The van der Waals surface area contributed by atoms with Crippen molar-refractivity contribution in [3.63, 3.8) is 0 Å². The smallest absolute Gasteiger partial charge is 0.193 e. The van der Waals surface area contributed by atoms with Crippen LogP contribution in [-0.2, 0) is 17.9 Å². The number of halogens is 1. The van der Waals surface area contributed by atoms with Gasteiger partial charge in [-0.2, -0.15) is 11.8 Å². The minimum absolute atomic E-state index is 0.210. The van der Waals surface area contributed by atoms with Gasteiger partial charge in [-0.25, -0.2) is 4.39 Å². The summed E-state index contributed by atoms with van der Waals surface area (Å²) in [6.07, 6.45) is 1.16. The number of rotatable bonds is 3. The Bertz CT molecular complexity index is 612. The van der Waals surface area contributed by atoms with Gasteiger partial charge in [-0.1, -0.05) is 6.92 Å². The maximum atomic E-state index is 13.8. The molecular weight excluding hydrogens is 329 g/mol. The lowest BCUT2D eigenvalue weighted by Gasteiger charge is -2.34. The molecule has 3 rings (SSSR count). The van der Waals surface area contributed by atoms with Crippen LogP contribution < -0.4 is 10.1 Å². The van der Waals surface area contributed by atoms with E-state index in [1.54, 1.807) is 7.05 Å². The lowest BCUT2D eigenvalue weighted by atomic mass is 10.1. The van der Waals surface area contributed by atoms with Crippen molar-refractivity contribution in [3.05, 3.63) is 29.1 Å². The Morgan fingerprint density at radius 3 is 3.17 bits per heavy atom. The summed E-state index contributed by atoms with van der Waals surface area (Å²) in [4.78, 5) is 6.67. The van der Waals surface area contributed by atoms with Crippen LogP contribution in [0.4, 0.5) is 4.39 Å². The van der Waals surface area contributed by atoms with Crippen LogP contribution in [0.3, 0.4) is 0 Å². The molecule has 132 valence electrons. The molecule has 7 heteroatoms. The summed E-state index contributed by atoms with van der Waals surface area (Å²) in [6, 6.07) is 2.99. The largest absolute Gasteiger partial charge is 0.467 e. The highest BCUT2D eigenvalue weighted by Crippen LogP contribution is 2.29. The van der Waals surface area contributed by atoms with E-state index in [1.807, 2.05) is 11.8 Å². The van der Waals surface area contributed by atoms with Gasteiger partial charge in [0.1, 0.15) is 11.6 Å². The second-order valence-corrected chi connectivity index (χ2v) is 7.32. The second-order valence-electron chi connectivity index (χ2n) is 5.91. The quantitative estimate of drug-likeness (QED) is 0.669. The molecule has 1 aromatic carbocycles. The zero-order chi connectivity index (χ0) is 16.9. The lowest BCUT2D eigenvalue weighted by molar-refractivity contribution is -0.0173. The molecule has 0 aliphatic carbocycles. The topological polar surface area (TPSA) is 46.1 Å². The molecule has 24 heavy (non-hydrogen) atoms. The molecule has 1 N–H and O–H groups in total. The van der Waals surface area contributed by atoms with Gasteiger partial charge in [0, 0.05) is 48.8 Å². The van der Waals surface area contributed by atoms with Crippen LogP contribution in [0.15, 0.2) is 17.1 Å². The van der Waals surface area contributed by atoms with Gasteiger partial charge in [-0.3, -0.25) is 4.99 Å². The summed E-state index contributed by atoms with van der Waals surface area (Å²) in [7, 11) is 1.79. The second kappa shape index (κ2) is 8.07. The van der Waals surface area contributed by atoms with Crippen molar-refractivity contribution in [2.75, 3.05) is 32.7 Å². The van der Waals surface area contributed by atoms with Crippen LogP contribution in [0, 0.1) is 5.82 Å². The summed E-state index contributed by atoms with van der Waals surface area (Å²) in [5.74, 6) is 2.43. The summed E-state index contributed by atoms with van der Waals surface area (Å²) >= 11 is 2.02. The van der Waals surface area contributed by atoms with E-state index >= 15 is 0 Å². The van der Waals surface area contributed by atoms with E-state index in [0.29, 0.717) is 18.4 Å². The first kappa shape index (κ1) is 17.4. The molecule has 5 nitrogen and oxygen atoms in total. The predicted octanol–water partition coefficient (Wildman–Crippen LogP) is 2.60. The zero-order valence-electron chi connectivity index (χ0n) is 14.2. The average Bonchev–Trinajstić information content (AvgIpc) is 2.62. The van der Waals surface area contributed by atoms with Gasteiger partial charge in [0.25, 0.3) is 0 Å². The number of nitrogens with one attached hydrogen (secondary N) is 1. The van der Waals surface area contributed by atoms with E-state index < -0.39 is 0 Å². The van der Waals surface area contributed by atoms with Crippen molar-refractivity contribution in [1.82, 2.24) is 10.2 Å². The number of ether oxygens (including phenoxy) is 2. The molecule has 0 amide bonds. The molecule has 1 aromatic rings. The van der Waals surface area contributed by atoms with E-state index in [-0.39, 0.29) is 12.6 Å². The minimum Gasteiger partial charge on any atom is -0.467 e. The molecule has 0 bridgehead atoms. The molecule has 0 saturated carbocycles. The van der Waals surface area contributed by atoms with Gasteiger partial charge in [0.2, 0.25) is 0 Å². The molecule has 1 unspecified atom stereocenters. The van der Waals surface area contributed by atoms with Crippen molar-refractivity contribution in [3.8, 4) is 5.75 Å². The highest BCUT2D eigenvalue weighted by Gasteiger charge is 2.22. The standard InChI is InChI=1S/C17H24FN3O2S/c1-3-15-9-21(4-5-24-15)17(19-2)20-8-12-6-14(18)7-13-10-22-11-23-16(12)13/h6-7,15H,3-5,8-11H2,1-2H3,(H,19,20). The van der Waals surface area contributed by atoms with Crippen LogP contribution in [0.2, 0.25) is 0 Å². The Kier molecular flexibility index (Phi) is 5.84.